The van der Waals surface area contributed by atoms with Crippen LogP contribution in [0.1, 0.15) is 32.6 Å². The number of nitrogens with one attached hydrogen (secondary N) is 1. The number of nitrogens with zero attached hydrogens (tertiary/aromatic N) is 2. The quantitative estimate of drug-likeness (QED) is 0.590. The zero-order valence-corrected chi connectivity index (χ0v) is 13.4. The molecule has 0 saturated carbocycles. The second-order valence-electron chi connectivity index (χ2n) is 4.87. The van der Waals surface area contributed by atoms with E-state index in [2.05, 4.69) is 51.1 Å². The first-order valence-electron chi connectivity index (χ1n) is 6.93. The summed E-state index contributed by atoms with van der Waals surface area (Å²) in [6.45, 7) is 4.44. The van der Waals surface area contributed by atoms with Crippen molar-refractivity contribution < 1.29 is 0 Å². The molecule has 0 amide bonds. The van der Waals surface area contributed by atoms with Gasteiger partial charge in [0.1, 0.15) is 0 Å². The predicted octanol–water partition coefficient (Wildman–Crippen LogP) is 3.91. The highest BCUT2D eigenvalue weighted by molar-refractivity contribution is 8.13. The fourth-order valence-corrected chi connectivity index (χ4v) is 3.68. The van der Waals surface area contributed by atoms with E-state index in [1.54, 1.807) is 24.1 Å². The molecule has 0 aromatic rings. The zero-order chi connectivity index (χ0) is 13.5. The Labute approximate surface area is 125 Å². The lowest BCUT2D eigenvalue weighted by atomic mass is 10.1. The van der Waals surface area contributed by atoms with Gasteiger partial charge in [0, 0.05) is 19.3 Å². The van der Waals surface area contributed by atoms with Crippen LogP contribution in [0.15, 0.2) is 35.0 Å². The van der Waals surface area contributed by atoms with Gasteiger partial charge in [0.2, 0.25) is 0 Å². The van der Waals surface area contributed by atoms with E-state index in [0.29, 0.717) is 0 Å². The molecule has 19 heavy (non-hydrogen) atoms. The minimum absolute atomic E-state index is 1.05. The fourth-order valence-electron chi connectivity index (χ4n) is 2.09. The second kappa shape index (κ2) is 7.92. The molecule has 0 radical (unpaired) electrons. The highest BCUT2D eigenvalue weighted by atomic mass is 32.2. The smallest absolute Gasteiger partial charge is 0.0822 e. The summed E-state index contributed by atoms with van der Waals surface area (Å²) >= 11 is 3.42. The summed E-state index contributed by atoms with van der Waals surface area (Å²) in [7, 11) is 2.19. The van der Waals surface area contributed by atoms with Crippen molar-refractivity contribution >= 4 is 24.1 Å². The van der Waals surface area contributed by atoms with Gasteiger partial charge in [-0.15, -0.1) is 0 Å². The van der Waals surface area contributed by atoms with Crippen LogP contribution >= 0.6 is 24.1 Å². The van der Waals surface area contributed by atoms with Crippen molar-refractivity contribution in [3.05, 3.63) is 35.0 Å². The molecule has 0 aromatic carbocycles. The molecular formula is C14H23N3S2. The lowest BCUT2D eigenvalue weighted by Crippen LogP contribution is -2.27. The maximum absolute atomic E-state index is 3.25. The molecule has 2 aliphatic heterocycles. The highest BCUT2D eigenvalue weighted by Crippen LogP contribution is 2.35. The standard InChI is InChI=1S/C14H23N3S2/c1-3-4-5-6-10-18-17-14(11-15-19-17)13-8-7-9-16(2)12-13/h6,8,10-11,15H,3-5,7,9,12H2,1-2H3. The number of hydrogen-bond acceptors (Lipinski definition) is 5. The third kappa shape index (κ3) is 4.51. The lowest BCUT2D eigenvalue weighted by Gasteiger charge is -2.26. The summed E-state index contributed by atoms with van der Waals surface area (Å²) in [6, 6.07) is 0. The Morgan fingerprint density at radius 1 is 1.53 bits per heavy atom. The summed E-state index contributed by atoms with van der Waals surface area (Å²) in [6.07, 6.45) is 11.6. The molecule has 2 heterocycles. The summed E-state index contributed by atoms with van der Waals surface area (Å²) in [5.41, 5.74) is 2.74. The van der Waals surface area contributed by atoms with E-state index in [1.807, 2.05) is 0 Å². The van der Waals surface area contributed by atoms with E-state index in [-0.39, 0.29) is 0 Å². The molecule has 0 spiro atoms. The van der Waals surface area contributed by atoms with Crippen molar-refractivity contribution in [3.63, 3.8) is 0 Å². The van der Waals surface area contributed by atoms with Gasteiger partial charge in [0.25, 0.3) is 0 Å². The van der Waals surface area contributed by atoms with Gasteiger partial charge in [-0.3, -0.25) is 0 Å². The molecule has 3 nitrogen and oxygen atoms in total. The summed E-state index contributed by atoms with van der Waals surface area (Å²) in [5.74, 6) is 0. The van der Waals surface area contributed by atoms with Gasteiger partial charge in [-0.1, -0.05) is 31.9 Å². The minimum atomic E-state index is 1.05. The number of unbranched alkanes of at least 4 members (excludes halogenated alkanes) is 2. The predicted molar refractivity (Wildman–Crippen MR) is 87.1 cm³/mol. The molecule has 0 aliphatic carbocycles. The van der Waals surface area contributed by atoms with E-state index in [4.69, 9.17) is 0 Å². The molecule has 5 heteroatoms. The summed E-state index contributed by atoms with van der Waals surface area (Å²) in [4.78, 5) is 2.37. The van der Waals surface area contributed by atoms with E-state index in [1.165, 1.54) is 37.1 Å². The van der Waals surface area contributed by atoms with E-state index in [0.717, 1.165) is 13.0 Å². The molecule has 2 aliphatic rings. The molecule has 0 unspecified atom stereocenters. The Hall–Kier alpha value is -0.520. The molecule has 0 bridgehead atoms. The van der Waals surface area contributed by atoms with Crippen LogP contribution in [0, 0.1) is 0 Å². The fraction of sp³-hybridized carbons (Fsp3) is 0.571. The van der Waals surface area contributed by atoms with Crippen molar-refractivity contribution in [2.24, 2.45) is 0 Å². The van der Waals surface area contributed by atoms with Crippen LogP contribution in [0.25, 0.3) is 0 Å². The molecule has 106 valence electrons. The van der Waals surface area contributed by atoms with Gasteiger partial charge >= 0.3 is 0 Å². The number of allylic oxidation sites excluding steroid dienone is 1. The molecule has 0 saturated heterocycles. The number of hydrogen-bond donors (Lipinski definition) is 1. The Morgan fingerprint density at radius 2 is 2.42 bits per heavy atom. The molecular weight excluding hydrogens is 274 g/mol. The average Bonchev–Trinajstić information content (AvgIpc) is 2.87. The lowest BCUT2D eigenvalue weighted by molar-refractivity contribution is 0.355. The van der Waals surface area contributed by atoms with E-state index in [9.17, 15) is 0 Å². The Bertz CT molecular complexity index is 377. The third-order valence-corrected chi connectivity index (χ3v) is 4.95. The molecule has 0 fully saturated rings. The Kier molecular flexibility index (Phi) is 6.20. The van der Waals surface area contributed by atoms with Gasteiger partial charge < -0.3 is 9.62 Å². The summed E-state index contributed by atoms with van der Waals surface area (Å²) in [5, 5.41) is 2.20. The first-order chi connectivity index (χ1) is 9.31. The topological polar surface area (TPSA) is 18.5 Å². The zero-order valence-electron chi connectivity index (χ0n) is 11.8. The van der Waals surface area contributed by atoms with Crippen LogP contribution in [0.2, 0.25) is 0 Å². The average molecular weight is 297 g/mol. The van der Waals surface area contributed by atoms with Crippen LogP contribution in [0.3, 0.4) is 0 Å². The molecule has 1 N–H and O–H groups in total. The minimum Gasteiger partial charge on any atom is -0.316 e. The largest absolute Gasteiger partial charge is 0.316 e. The molecule has 2 rings (SSSR count). The number of likely N-dealkylation sites (N-methyl/N-ethyl adjacent to an activating group) is 1. The SMILES string of the molecule is CCCCC=CSN1SNC=C1C1=CCCN(C)C1. The number of rotatable bonds is 6. The van der Waals surface area contributed by atoms with Gasteiger partial charge in [-0.25, -0.2) is 3.71 Å². The second-order valence-corrected chi connectivity index (χ2v) is 6.73. The van der Waals surface area contributed by atoms with Crippen molar-refractivity contribution in [2.45, 2.75) is 32.6 Å². The first kappa shape index (κ1) is 14.9. The van der Waals surface area contributed by atoms with Crippen LogP contribution < -0.4 is 4.72 Å². The van der Waals surface area contributed by atoms with Gasteiger partial charge in [-0.05, 0) is 42.8 Å². The Balaban J connectivity index is 1.86. The van der Waals surface area contributed by atoms with E-state index >= 15 is 0 Å². The van der Waals surface area contributed by atoms with Crippen LogP contribution in [0.4, 0.5) is 0 Å². The van der Waals surface area contributed by atoms with Gasteiger partial charge in [0.05, 0.1) is 17.8 Å². The highest BCUT2D eigenvalue weighted by Gasteiger charge is 2.22. The Morgan fingerprint density at radius 3 is 3.21 bits per heavy atom. The van der Waals surface area contributed by atoms with Crippen LogP contribution in [-0.4, -0.2) is 28.7 Å². The first-order valence-corrected chi connectivity index (χ1v) is 8.54. The third-order valence-electron chi connectivity index (χ3n) is 3.18. The maximum Gasteiger partial charge on any atom is 0.0822 e. The van der Waals surface area contributed by atoms with Crippen molar-refractivity contribution in [1.82, 2.24) is 13.3 Å². The summed E-state index contributed by atoms with van der Waals surface area (Å²) < 4.78 is 5.51. The molecule has 0 aromatic heterocycles. The van der Waals surface area contributed by atoms with Crippen LogP contribution in [0.5, 0.6) is 0 Å². The van der Waals surface area contributed by atoms with E-state index < -0.39 is 0 Å². The molecule has 0 atom stereocenters. The van der Waals surface area contributed by atoms with Crippen LogP contribution in [-0.2, 0) is 0 Å². The van der Waals surface area contributed by atoms with Crippen molar-refractivity contribution in [1.29, 1.82) is 0 Å². The van der Waals surface area contributed by atoms with Crippen molar-refractivity contribution in [3.8, 4) is 0 Å². The monoisotopic (exact) mass is 297 g/mol. The van der Waals surface area contributed by atoms with Gasteiger partial charge in [-0.2, -0.15) is 0 Å². The normalized spacial score (nSPS) is 20.6. The van der Waals surface area contributed by atoms with Gasteiger partial charge in [0.15, 0.2) is 0 Å². The maximum atomic E-state index is 3.25. The van der Waals surface area contributed by atoms with Crippen molar-refractivity contribution in [2.75, 3.05) is 20.1 Å².